The zero-order valence-corrected chi connectivity index (χ0v) is 22.8. The molecule has 1 aliphatic heterocycles. The van der Waals surface area contributed by atoms with Gasteiger partial charge in [0.2, 0.25) is 10.0 Å². The van der Waals surface area contributed by atoms with E-state index in [0.717, 1.165) is 29.5 Å². The van der Waals surface area contributed by atoms with Crippen molar-refractivity contribution < 1.29 is 22.7 Å². The van der Waals surface area contributed by atoms with Gasteiger partial charge in [0.15, 0.2) is 6.23 Å². The molecule has 0 saturated heterocycles. The maximum Gasteiger partial charge on any atom is 0.306 e. The van der Waals surface area contributed by atoms with Gasteiger partial charge >= 0.3 is 5.97 Å². The third-order valence-corrected chi connectivity index (χ3v) is 8.99. The Balaban J connectivity index is 1.62. The number of fused-ring (bicyclic) bond motifs is 1. The first-order valence-corrected chi connectivity index (χ1v) is 14.2. The third kappa shape index (κ3) is 6.05. The van der Waals surface area contributed by atoms with Crippen LogP contribution >= 0.6 is 0 Å². The average molecular weight is 522 g/mol. The number of ether oxygens (including phenoxy) is 2. The predicted octanol–water partition coefficient (Wildman–Crippen LogP) is 5.90. The standard InChI is InChI=1S/C30H35NO5S/c1-5-35-30(32)19-26(17-16-24-11-7-6-10-21(24)2)25-15-14-22(3)27(18-25)20-31-23(4)36-28-12-8-9-13-29(28)37(31,33)34/h6-15,18,23,26H,5,16-17,19-20H2,1-4H3/t23-,26?/m1/s1. The van der Waals surface area contributed by atoms with E-state index in [0.29, 0.717) is 12.4 Å². The molecule has 0 bridgehead atoms. The second kappa shape index (κ2) is 11.5. The fourth-order valence-electron chi connectivity index (χ4n) is 4.85. The molecule has 4 rings (SSSR count). The lowest BCUT2D eigenvalue weighted by Gasteiger charge is -2.34. The Hall–Kier alpha value is -3.16. The van der Waals surface area contributed by atoms with Gasteiger partial charge in [0, 0.05) is 6.54 Å². The van der Waals surface area contributed by atoms with Gasteiger partial charge in [-0.1, -0.05) is 54.6 Å². The van der Waals surface area contributed by atoms with Crippen molar-refractivity contribution in [3.63, 3.8) is 0 Å². The molecule has 37 heavy (non-hydrogen) atoms. The van der Waals surface area contributed by atoms with Crippen molar-refractivity contribution in [1.29, 1.82) is 0 Å². The number of carbonyl (C=O) groups excluding carboxylic acids is 1. The number of nitrogens with zero attached hydrogens (tertiary/aromatic N) is 1. The number of rotatable bonds is 9. The first-order valence-electron chi connectivity index (χ1n) is 12.8. The molecule has 0 saturated carbocycles. The summed E-state index contributed by atoms with van der Waals surface area (Å²) in [6.07, 6.45) is 1.25. The van der Waals surface area contributed by atoms with Crippen LogP contribution in [0.2, 0.25) is 0 Å². The number of hydrogen-bond acceptors (Lipinski definition) is 5. The van der Waals surface area contributed by atoms with Crippen LogP contribution < -0.4 is 4.74 Å². The van der Waals surface area contributed by atoms with E-state index in [4.69, 9.17) is 9.47 Å². The van der Waals surface area contributed by atoms with Gasteiger partial charge in [-0.05, 0) is 86.4 Å². The number of benzene rings is 3. The molecule has 3 aromatic carbocycles. The molecule has 0 spiro atoms. The quantitative estimate of drug-likeness (QED) is 0.328. The van der Waals surface area contributed by atoms with E-state index in [-0.39, 0.29) is 29.7 Å². The summed E-state index contributed by atoms with van der Waals surface area (Å²) in [7, 11) is -3.72. The molecule has 7 heteroatoms. The highest BCUT2D eigenvalue weighted by Gasteiger charge is 2.37. The van der Waals surface area contributed by atoms with Gasteiger partial charge in [0.05, 0.1) is 13.0 Å². The third-order valence-electron chi connectivity index (χ3n) is 7.05. The molecule has 1 heterocycles. The largest absolute Gasteiger partial charge is 0.473 e. The highest BCUT2D eigenvalue weighted by molar-refractivity contribution is 7.89. The van der Waals surface area contributed by atoms with E-state index in [2.05, 4.69) is 19.1 Å². The normalized spacial score (nSPS) is 17.5. The van der Waals surface area contributed by atoms with Crippen molar-refractivity contribution in [2.75, 3.05) is 6.61 Å². The summed E-state index contributed by atoms with van der Waals surface area (Å²) in [5.41, 5.74) is 5.37. The maximum absolute atomic E-state index is 13.4. The average Bonchev–Trinajstić information content (AvgIpc) is 2.86. The smallest absolute Gasteiger partial charge is 0.306 e. The van der Waals surface area contributed by atoms with Crippen LogP contribution in [0, 0.1) is 13.8 Å². The molecule has 0 aromatic heterocycles. The highest BCUT2D eigenvalue weighted by atomic mass is 32.2. The zero-order chi connectivity index (χ0) is 26.6. The molecular weight excluding hydrogens is 486 g/mol. The van der Waals surface area contributed by atoms with Crippen LogP contribution in [0.5, 0.6) is 5.75 Å². The molecule has 1 aliphatic rings. The van der Waals surface area contributed by atoms with Crippen LogP contribution in [-0.4, -0.2) is 31.5 Å². The minimum atomic E-state index is -3.72. The Bertz CT molecular complexity index is 1370. The molecule has 0 N–H and O–H groups in total. The van der Waals surface area contributed by atoms with E-state index in [1.165, 1.54) is 15.4 Å². The van der Waals surface area contributed by atoms with Crippen molar-refractivity contribution in [3.05, 3.63) is 94.5 Å². The van der Waals surface area contributed by atoms with Crippen LogP contribution in [0.15, 0.2) is 71.6 Å². The highest BCUT2D eigenvalue weighted by Crippen LogP contribution is 2.36. The van der Waals surface area contributed by atoms with Crippen LogP contribution in [0.25, 0.3) is 0 Å². The topological polar surface area (TPSA) is 72.9 Å². The molecular formula is C30H35NO5S. The zero-order valence-electron chi connectivity index (χ0n) is 21.9. The Kier molecular flexibility index (Phi) is 8.35. The Labute approximate surface area is 220 Å². The summed E-state index contributed by atoms with van der Waals surface area (Å²) in [5, 5.41) is 0. The van der Waals surface area contributed by atoms with Crippen molar-refractivity contribution in [2.45, 2.75) is 70.5 Å². The Morgan fingerprint density at radius 2 is 1.70 bits per heavy atom. The first-order chi connectivity index (χ1) is 17.7. The summed E-state index contributed by atoms with van der Waals surface area (Å²) < 4.78 is 39.5. The van der Waals surface area contributed by atoms with Gasteiger partial charge in [0.25, 0.3) is 0 Å². The number of carbonyl (C=O) groups is 1. The monoisotopic (exact) mass is 521 g/mol. The maximum atomic E-state index is 13.4. The van der Waals surface area contributed by atoms with Crippen molar-refractivity contribution >= 4 is 16.0 Å². The van der Waals surface area contributed by atoms with E-state index >= 15 is 0 Å². The van der Waals surface area contributed by atoms with Gasteiger partial charge in [-0.3, -0.25) is 4.79 Å². The van der Waals surface area contributed by atoms with Crippen molar-refractivity contribution in [1.82, 2.24) is 4.31 Å². The number of esters is 1. The molecule has 0 aliphatic carbocycles. The lowest BCUT2D eigenvalue weighted by atomic mass is 9.87. The van der Waals surface area contributed by atoms with Crippen LogP contribution in [-0.2, 0) is 32.5 Å². The molecule has 196 valence electrons. The second-order valence-electron chi connectivity index (χ2n) is 9.57. The lowest BCUT2D eigenvalue weighted by molar-refractivity contribution is -0.143. The molecule has 1 unspecified atom stereocenters. The Morgan fingerprint density at radius 1 is 1.00 bits per heavy atom. The fraction of sp³-hybridized carbons (Fsp3) is 0.367. The van der Waals surface area contributed by atoms with Gasteiger partial charge in [-0.2, -0.15) is 4.31 Å². The summed E-state index contributed by atoms with van der Waals surface area (Å²) >= 11 is 0. The van der Waals surface area contributed by atoms with Gasteiger partial charge in [-0.15, -0.1) is 0 Å². The summed E-state index contributed by atoms with van der Waals surface area (Å²) in [5.74, 6) is 0.101. The predicted molar refractivity (Wildman–Crippen MR) is 144 cm³/mol. The van der Waals surface area contributed by atoms with Crippen LogP contribution in [0.1, 0.15) is 60.4 Å². The number of sulfonamides is 1. The van der Waals surface area contributed by atoms with Gasteiger partial charge in [-0.25, -0.2) is 8.42 Å². The molecule has 3 aromatic rings. The minimum Gasteiger partial charge on any atom is -0.473 e. The van der Waals surface area contributed by atoms with E-state index in [1.807, 2.05) is 44.2 Å². The first kappa shape index (κ1) is 26.9. The van der Waals surface area contributed by atoms with Crippen LogP contribution in [0.4, 0.5) is 0 Å². The Morgan fingerprint density at radius 3 is 2.46 bits per heavy atom. The van der Waals surface area contributed by atoms with Crippen molar-refractivity contribution in [2.24, 2.45) is 0 Å². The molecule has 0 fully saturated rings. The van der Waals surface area contributed by atoms with Gasteiger partial charge < -0.3 is 9.47 Å². The minimum absolute atomic E-state index is 0.0506. The summed E-state index contributed by atoms with van der Waals surface area (Å²) in [4.78, 5) is 12.7. The molecule has 0 amide bonds. The van der Waals surface area contributed by atoms with E-state index < -0.39 is 16.3 Å². The fourth-order valence-corrected chi connectivity index (χ4v) is 6.47. The lowest BCUT2D eigenvalue weighted by Crippen LogP contribution is -2.44. The summed E-state index contributed by atoms with van der Waals surface area (Å²) in [6, 6.07) is 21.1. The van der Waals surface area contributed by atoms with Crippen LogP contribution in [0.3, 0.4) is 0 Å². The van der Waals surface area contributed by atoms with Gasteiger partial charge in [0.1, 0.15) is 10.6 Å². The number of aryl methyl sites for hydroxylation is 3. The number of hydrogen-bond donors (Lipinski definition) is 0. The SMILES string of the molecule is CCOC(=O)CC(CCc1ccccc1C)c1ccc(C)c(CN2[C@@H](C)Oc3ccccc3S2(=O)=O)c1. The van der Waals surface area contributed by atoms with Crippen molar-refractivity contribution in [3.8, 4) is 5.75 Å². The number of para-hydroxylation sites is 1. The summed E-state index contributed by atoms with van der Waals surface area (Å²) in [6.45, 7) is 8.15. The molecule has 2 atom stereocenters. The van der Waals surface area contributed by atoms with E-state index in [9.17, 15) is 13.2 Å². The second-order valence-corrected chi connectivity index (χ2v) is 11.4. The molecule has 0 radical (unpaired) electrons. The molecule has 6 nitrogen and oxygen atoms in total. The van der Waals surface area contributed by atoms with E-state index in [1.54, 1.807) is 31.2 Å².